The zero-order chi connectivity index (χ0) is 25.8. The van der Waals surface area contributed by atoms with Crippen molar-refractivity contribution in [1.82, 2.24) is 9.97 Å². The predicted octanol–water partition coefficient (Wildman–Crippen LogP) is 4.78. The van der Waals surface area contributed by atoms with E-state index in [2.05, 4.69) is 15.2 Å². The molecule has 3 N–H and O–H groups in total. The number of aliphatic hydroxyl groups is 2. The van der Waals surface area contributed by atoms with E-state index in [0.29, 0.717) is 24.6 Å². The van der Waals surface area contributed by atoms with Crippen LogP contribution in [0, 0.1) is 12.7 Å². The van der Waals surface area contributed by atoms with E-state index in [1.54, 1.807) is 13.8 Å². The number of anilines is 2. The van der Waals surface area contributed by atoms with Gasteiger partial charge in [0.05, 0.1) is 22.7 Å². The van der Waals surface area contributed by atoms with Crippen LogP contribution < -0.4 is 10.2 Å². The normalized spacial score (nSPS) is 20.7. The van der Waals surface area contributed by atoms with Gasteiger partial charge in [0.25, 0.3) is 5.92 Å². The average molecular weight is 501 g/mol. The van der Waals surface area contributed by atoms with Gasteiger partial charge in [0.2, 0.25) is 0 Å². The summed E-state index contributed by atoms with van der Waals surface area (Å²) < 4.78 is 43.3. The van der Waals surface area contributed by atoms with Crippen LogP contribution in [0.5, 0.6) is 0 Å². The van der Waals surface area contributed by atoms with Crippen molar-refractivity contribution in [2.24, 2.45) is 0 Å². The maximum atomic E-state index is 15.1. The fourth-order valence-corrected chi connectivity index (χ4v) is 5.54. The Hall–Kier alpha value is -2.91. The van der Waals surface area contributed by atoms with Crippen LogP contribution in [0.3, 0.4) is 0 Å². The molecule has 1 aromatic heterocycles. The van der Waals surface area contributed by atoms with Crippen LogP contribution in [0.1, 0.15) is 60.8 Å². The van der Waals surface area contributed by atoms with Crippen molar-refractivity contribution in [3.05, 3.63) is 58.2 Å². The first-order valence-corrected chi connectivity index (χ1v) is 12.4. The molecule has 2 aliphatic rings. The largest absolute Gasteiger partial charge is 0.390 e. The Bertz CT molecular complexity index is 1330. The molecule has 1 aliphatic carbocycles. The Morgan fingerprint density at radius 3 is 2.67 bits per heavy atom. The molecule has 2 aromatic carbocycles. The molecule has 9 heteroatoms. The summed E-state index contributed by atoms with van der Waals surface area (Å²) >= 11 is 0. The molecule has 36 heavy (non-hydrogen) atoms. The Labute approximate surface area is 208 Å². The zero-order valence-corrected chi connectivity index (χ0v) is 20.7. The molecule has 1 saturated heterocycles. The minimum Gasteiger partial charge on any atom is -0.390 e. The Morgan fingerprint density at radius 1 is 1.22 bits per heavy atom. The van der Waals surface area contributed by atoms with Crippen LogP contribution >= 0.6 is 0 Å². The van der Waals surface area contributed by atoms with Crippen LogP contribution in [0.15, 0.2) is 24.3 Å². The van der Waals surface area contributed by atoms with E-state index in [0.717, 1.165) is 48.5 Å². The fraction of sp³-hybridized carbons (Fsp3) is 0.481. The van der Waals surface area contributed by atoms with Gasteiger partial charge in [-0.15, -0.1) is 0 Å². The number of benzene rings is 2. The molecule has 0 amide bonds. The summed E-state index contributed by atoms with van der Waals surface area (Å²) in [6.07, 6.45) is 3.53. The molecule has 6 nitrogen and oxygen atoms in total. The second-order valence-electron chi connectivity index (χ2n) is 10.3. The van der Waals surface area contributed by atoms with Crippen LogP contribution in [-0.2, 0) is 18.8 Å². The van der Waals surface area contributed by atoms with Crippen LogP contribution in [0.2, 0.25) is 0 Å². The molecule has 192 valence electrons. The maximum absolute atomic E-state index is 15.1. The molecule has 0 unspecified atom stereocenters. The SMILES string of the molecule is Cc1nc(N[C@H](C)c2cccc(C(F)(F)CO)c2F)c2cc(N3CC[C@@](C)(O)C3)c3c(c2n1)CCC3. The minimum atomic E-state index is -3.68. The molecule has 2 atom stereocenters. The second kappa shape index (κ2) is 8.88. The molecule has 3 aromatic rings. The standard InChI is InChI=1S/C27H31F3N4O2/c1-15(17-6-5-9-21(23(17)28)27(29,30)14-35)31-25-20-12-22(34-11-10-26(3,36)13-34)18-7-4-8-19(18)24(20)32-16(2)33-25/h5-6,9,12,15,35-36H,4,7-8,10-11,13-14H2,1-3H3,(H,31,32,33)/t15-,26-/m1/s1. The van der Waals surface area contributed by atoms with E-state index in [1.165, 1.54) is 23.3 Å². The smallest absolute Gasteiger partial charge is 0.298 e. The summed E-state index contributed by atoms with van der Waals surface area (Å²) in [5.74, 6) is -3.66. The summed E-state index contributed by atoms with van der Waals surface area (Å²) in [5, 5.41) is 23.6. The first-order valence-electron chi connectivity index (χ1n) is 12.4. The highest BCUT2D eigenvalue weighted by atomic mass is 19.3. The van der Waals surface area contributed by atoms with E-state index >= 15 is 4.39 Å². The number of nitrogens with zero attached hydrogens (tertiary/aromatic N) is 3. The third kappa shape index (κ3) is 4.28. The van der Waals surface area contributed by atoms with Crippen molar-refractivity contribution in [1.29, 1.82) is 0 Å². The van der Waals surface area contributed by atoms with Crippen LogP contribution in [0.25, 0.3) is 10.9 Å². The molecular formula is C27H31F3N4O2. The molecule has 0 radical (unpaired) electrons. The lowest BCUT2D eigenvalue weighted by atomic mass is 9.99. The summed E-state index contributed by atoms with van der Waals surface area (Å²) in [4.78, 5) is 11.5. The van der Waals surface area contributed by atoms with Gasteiger partial charge in [-0.1, -0.05) is 12.1 Å². The second-order valence-corrected chi connectivity index (χ2v) is 10.3. The van der Waals surface area contributed by atoms with Crippen molar-refractivity contribution in [2.75, 3.05) is 29.9 Å². The number of alkyl halides is 2. The van der Waals surface area contributed by atoms with Crippen LogP contribution in [0.4, 0.5) is 24.7 Å². The van der Waals surface area contributed by atoms with Gasteiger partial charge in [-0.05, 0) is 69.7 Å². The lowest BCUT2D eigenvalue weighted by Crippen LogP contribution is -2.30. The summed E-state index contributed by atoms with van der Waals surface area (Å²) in [7, 11) is 0. The number of β-amino-alcohol motifs (C(OH)–C–C–N with tert-alkyl or cyclic N) is 1. The molecule has 0 bridgehead atoms. The van der Waals surface area contributed by atoms with Crippen molar-refractivity contribution in [2.45, 2.75) is 64.0 Å². The number of hydrogen-bond donors (Lipinski definition) is 3. The number of aryl methyl sites for hydroxylation is 2. The molecular weight excluding hydrogens is 469 g/mol. The van der Waals surface area contributed by atoms with Gasteiger partial charge in [-0.2, -0.15) is 8.78 Å². The van der Waals surface area contributed by atoms with E-state index < -0.39 is 35.6 Å². The van der Waals surface area contributed by atoms with Gasteiger partial charge < -0.3 is 20.4 Å². The van der Waals surface area contributed by atoms with Crippen LogP contribution in [-0.4, -0.2) is 45.5 Å². The van der Waals surface area contributed by atoms with Gasteiger partial charge in [0.1, 0.15) is 24.1 Å². The van der Waals surface area contributed by atoms with Crippen molar-refractivity contribution >= 4 is 22.4 Å². The number of aromatic nitrogens is 2. The number of halogens is 3. The third-order valence-electron chi connectivity index (χ3n) is 7.38. The zero-order valence-electron chi connectivity index (χ0n) is 20.7. The van der Waals surface area contributed by atoms with E-state index in [9.17, 15) is 13.9 Å². The van der Waals surface area contributed by atoms with Gasteiger partial charge in [0.15, 0.2) is 0 Å². The predicted molar refractivity (Wildman–Crippen MR) is 133 cm³/mol. The monoisotopic (exact) mass is 500 g/mol. The van der Waals surface area contributed by atoms with E-state index in [-0.39, 0.29) is 5.56 Å². The number of hydrogen-bond acceptors (Lipinski definition) is 6. The van der Waals surface area contributed by atoms with E-state index in [1.807, 2.05) is 13.0 Å². The summed E-state index contributed by atoms with van der Waals surface area (Å²) in [5.41, 5.74) is 2.81. The van der Waals surface area contributed by atoms with Gasteiger partial charge in [0, 0.05) is 29.7 Å². The number of rotatable bonds is 6. The molecule has 1 aliphatic heterocycles. The summed E-state index contributed by atoms with van der Waals surface area (Å²) in [6.45, 7) is 5.14. The highest BCUT2D eigenvalue weighted by Gasteiger charge is 2.36. The number of fused-ring (bicyclic) bond motifs is 3. The third-order valence-corrected chi connectivity index (χ3v) is 7.38. The average Bonchev–Trinajstić information content (AvgIpc) is 3.45. The Balaban J connectivity index is 1.58. The van der Waals surface area contributed by atoms with Crippen molar-refractivity contribution < 1.29 is 23.4 Å². The van der Waals surface area contributed by atoms with Gasteiger partial charge >= 0.3 is 0 Å². The topological polar surface area (TPSA) is 81.5 Å². The Kier molecular flexibility index (Phi) is 6.11. The Morgan fingerprint density at radius 2 is 1.97 bits per heavy atom. The van der Waals surface area contributed by atoms with Crippen molar-refractivity contribution in [3.63, 3.8) is 0 Å². The van der Waals surface area contributed by atoms with Gasteiger partial charge in [-0.25, -0.2) is 14.4 Å². The molecule has 2 heterocycles. The highest BCUT2D eigenvalue weighted by Crippen LogP contribution is 2.41. The molecule has 1 fully saturated rings. The first kappa shape index (κ1) is 24.8. The molecule has 0 spiro atoms. The number of aliphatic hydroxyl groups excluding tert-OH is 1. The van der Waals surface area contributed by atoms with E-state index in [4.69, 9.17) is 10.1 Å². The fourth-order valence-electron chi connectivity index (χ4n) is 5.54. The van der Waals surface area contributed by atoms with Gasteiger partial charge in [-0.3, -0.25) is 0 Å². The number of nitrogens with one attached hydrogen (secondary N) is 1. The lowest BCUT2D eigenvalue weighted by Gasteiger charge is -2.25. The minimum absolute atomic E-state index is 0.0574. The molecule has 5 rings (SSSR count). The molecule has 0 saturated carbocycles. The highest BCUT2D eigenvalue weighted by molar-refractivity contribution is 5.96. The maximum Gasteiger partial charge on any atom is 0.298 e. The lowest BCUT2D eigenvalue weighted by molar-refractivity contribution is -0.0583. The summed E-state index contributed by atoms with van der Waals surface area (Å²) in [6, 6.07) is 5.18. The first-order chi connectivity index (χ1) is 17.0. The van der Waals surface area contributed by atoms with Crippen molar-refractivity contribution in [3.8, 4) is 0 Å². The quantitative estimate of drug-likeness (QED) is 0.452.